The number of ether oxygens (including phenoxy) is 1. The van der Waals surface area contributed by atoms with Gasteiger partial charge in [-0.1, -0.05) is 48.0 Å². The maximum absolute atomic E-state index is 11.9. The Morgan fingerprint density at radius 2 is 1.81 bits per heavy atom. The SMILES string of the molecule is Cc1ccc(CNC(=O)COC(=O)Cc2cnc3ccccc3c2)cc1. The van der Waals surface area contributed by atoms with E-state index in [1.54, 1.807) is 6.20 Å². The number of nitrogens with zero attached hydrogens (tertiary/aromatic N) is 1. The van der Waals surface area contributed by atoms with E-state index in [2.05, 4.69) is 10.3 Å². The van der Waals surface area contributed by atoms with Crippen molar-refractivity contribution in [1.82, 2.24) is 10.3 Å². The third-order valence-corrected chi connectivity index (χ3v) is 3.97. The number of carbonyl (C=O) groups is 2. The van der Waals surface area contributed by atoms with E-state index in [1.165, 1.54) is 0 Å². The molecule has 1 aromatic heterocycles. The van der Waals surface area contributed by atoms with Gasteiger partial charge in [0, 0.05) is 18.1 Å². The predicted octanol–water partition coefficient (Wildman–Crippen LogP) is 2.95. The highest BCUT2D eigenvalue weighted by molar-refractivity contribution is 5.83. The van der Waals surface area contributed by atoms with Crippen LogP contribution in [-0.4, -0.2) is 23.5 Å². The Kier molecular flexibility index (Phi) is 5.59. The summed E-state index contributed by atoms with van der Waals surface area (Å²) in [5.41, 5.74) is 3.79. The molecule has 0 atom stereocenters. The Morgan fingerprint density at radius 1 is 1.04 bits per heavy atom. The van der Waals surface area contributed by atoms with Crippen molar-refractivity contribution in [2.75, 3.05) is 6.61 Å². The fourth-order valence-electron chi connectivity index (χ4n) is 2.53. The highest BCUT2D eigenvalue weighted by Crippen LogP contribution is 2.13. The molecule has 1 heterocycles. The summed E-state index contributed by atoms with van der Waals surface area (Å²) >= 11 is 0. The van der Waals surface area contributed by atoms with Gasteiger partial charge in [-0.25, -0.2) is 0 Å². The van der Waals surface area contributed by atoms with Crippen molar-refractivity contribution in [3.8, 4) is 0 Å². The van der Waals surface area contributed by atoms with E-state index >= 15 is 0 Å². The summed E-state index contributed by atoms with van der Waals surface area (Å²) in [4.78, 5) is 28.1. The largest absolute Gasteiger partial charge is 0.455 e. The molecule has 2 aromatic carbocycles. The van der Waals surface area contributed by atoms with E-state index in [-0.39, 0.29) is 18.9 Å². The molecule has 0 spiro atoms. The molecular weight excluding hydrogens is 328 g/mol. The summed E-state index contributed by atoms with van der Waals surface area (Å²) < 4.78 is 5.05. The third-order valence-electron chi connectivity index (χ3n) is 3.97. The number of esters is 1. The number of para-hydroxylation sites is 1. The molecule has 0 unspecified atom stereocenters. The van der Waals surface area contributed by atoms with Crippen molar-refractivity contribution in [3.63, 3.8) is 0 Å². The molecule has 5 nitrogen and oxygen atoms in total. The number of pyridine rings is 1. The van der Waals surface area contributed by atoms with Crippen molar-refractivity contribution in [2.24, 2.45) is 0 Å². The van der Waals surface area contributed by atoms with E-state index in [4.69, 9.17) is 4.74 Å². The van der Waals surface area contributed by atoms with Gasteiger partial charge in [0.25, 0.3) is 5.91 Å². The monoisotopic (exact) mass is 348 g/mol. The number of aryl methyl sites for hydroxylation is 1. The number of benzene rings is 2. The van der Waals surface area contributed by atoms with Gasteiger partial charge in [-0.2, -0.15) is 0 Å². The van der Waals surface area contributed by atoms with Gasteiger partial charge in [0.15, 0.2) is 6.61 Å². The summed E-state index contributed by atoms with van der Waals surface area (Å²) in [5, 5.41) is 3.70. The van der Waals surface area contributed by atoms with Gasteiger partial charge in [0.05, 0.1) is 11.9 Å². The van der Waals surface area contributed by atoms with Crippen LogP contribution in [0.1, 0.15) is 16.7 Å². The molecule has 1 amide bonds. The maximum atomic E-state index is 11.9. The zero-order valence-corrected chi connectivity index (χ0v) is 14.6. The highest BCUT2D eigenvalue weighted by atomic mass is 16.5. The van der Waals surface area contributed by atoms with Crippen LogP contribution in [0.3, 0.4) is 0 Å². The molecule has 0 fully saturated rings. The third kappa shape index (κ3) is 4.89. The molecule has 0 aliphatic rings. The quantitative estimate of drug-likeness (QED) is 0.696. The fraction of sp³-hybridized carbons (Fsp3) is 0.190. The van der Waals surface area contributed by atoms with Crippen LogP contribution >= 0.6 is 0 Å². The number of hydrogen-bond donors (Lipinski definition) is 1. The van der Waals surface area contributed by atoms with E-state index < -0.39 is 5.97 Å². The first-order valence-corrected chi connectivity index (χ1v) is 8.42. The lowest BCUT2D eigenvalue weighted by Crippen LogP contribution is -2.28. The second kappa shape index (κ2) is 8.25. The molecule has 0 radical (unpaired) electrons. The molecule has 3 rings (SSSR count). The predicted molar refractivity (Wildman–Crippen MR) is 99.4 cm³/mol. The Balaban J connectivity index is 1.45. The molecule has 0 saturated carbocycles. The maximum Gasteiger partial charge on any atom is 0.310 e. The molecule has 1 N–H and O–H groups in total. The summed E-state index contributed by atoms with van der Waals surface area (Å²) in [6, 6.07) is 17.5. The van der Waals surface area contributed by atoms with Crippen molar-refractivity contribution < 1.29 is 14.3 Å². The lowest BCUT2D eigenvalue weighted by molar-refractivity contribution is -0.147. The van der Waals surface area contributed by atoms with E-state index in [9.17, 15) is 9.59 Å². The van der Waals surface area contributed by atoms with Gasteiger partial charge in [-0.05, 0) is 30.2 Å². The standard InChI is InChI=1S/C21H20N2O3/c1-15-6-8-16(9-7-15)12-23-20(24)14-26-21(25)11-17-10-18-4-2-3-5-19(18)22-13-17/h2-10,13H,11-12,14H2,1H3,(H,23,24). The summed E-state index contributed by atoms with van der Waals surface area (Å²) in [5.74, 6) is -0.775. The van der Waals surface area contributed by atoms with Gasteiger partial charge >= 0.3 is 5.97 Å². The molecule has 0 saturated heterocycles. The Labute approximate surface area is 152 Å². The average Bonchev–Trinajstić information content (AvgIpc) is 2.66. The van der Waals surface area contributed by atoms with Gasteiger partial charge in [0.2, 0.25) is 0 Å². The Hall–Kier alpha value is -3.21. The molecule has 3 aromatic rings. The molecule has 0 bridgehead atoms. The smallest absolute Gasteiger partial charge is 0.310 e. The van der Waals surface area contributed by atoms with Crippen LogP contribution in [0, 0.1) is 6.92 Å². The van der Waals surface area contributed by atoms with Crippen LogP contribution in [0.5, 0.6) is 0 Å². The number of hydrogen-bond acceptors (Lipinski definition) is 4. The van der Waals surface area contributed by atoms with Crippen LogP contribution in [-0.2, 0) is 27.3 Å². The van der Waals surface area contributed by atoms with E-state index in [0.29, 0.717) is 6.54 Å². The number of carbonyl (C=O) groups excluding carboxylic acids is 2. The highest BCUT2D eigenvalue weighted by Gasteiger charge is 2.09. The van der Waals surface area contributed by atoms with Crippen molar-refractivity contribution in [1.29, 1.82) is 0 Å². The van der Waals surface area contributed by atoms with Gasteiger partial charge in [-0.15, -0.1) is 0 Å². The van der Waals surface area contributed by atoms with E-state index in [1.807, 2.05) is 61.5 Å². The molecule has 0 aliphatic carbocycles. The van der Waals surface area contributed by atoms with Crippen molar-refractivity contribution in [2.45, 2.75) is 19.9 Å². The molecule has 132 valence electrons. The van der Waals surface area contributed by atoms with Crippen LogP contribution in [0.15, 0.2) is 60.8 Å². The summed E-state index contributed by atoms with van der Waals surface area (Å²) in [7, 11) is 0. The number of aromatic nitrogens is 1. The zero-order chi connectivity index (χ0) is 18.4. The Bertz CT molecular complexity index is 920. The second-order valence-electron chi connectivity index (χ2n) is 6.14. The first kappa shape index (κ1) is 17.6. The Morgan fingerprint density at radius 3 is 2.62 bits per heavy atom. The minimum Gasteiger partial charge on any atom is -0.455 e. The molecule has 26 heavy (non-hydrogen) atoms. The molecular formula is C21H20N2O3. The lowest BCUT2D eigenvalue weighted by Gasteiger charge is -2.07. The number of fused-ring (bicyclic) bond motifs is 1. The molecule has 5 heteroatoms. The van der Waals surface area contributed by atoms with Crippen LogP contribution in [0.2, 0.25) is 0 Å². The first-order chi connectivity index (χ1) is 12.6. The minimum atomic E-state index is -0.451. The van der Waals surface area contributed by atoms with Gasteiger partial charge in [-0.3, -0.25) is 14.6 Å². The second-order valence-corrected chi connectivity index (χ2v) is 6.14. The van der Waals surface area contributed by atoms with Crippen LogP contribution in [0.25, 0.3) is 10.9 Å². The molecule has 0 aliphatic heterocycles. The summed E-state index contributed by atoms with van der Waals surface area (Å²) in [6.07, 6.45) is 1.74. The average molecular weight is 348 g/mol. The number of nitrogens with one attached hydrogen (secondary N) is 1. The zero-order valence-electron chi connectivity index (χ0n) is 14.6. The van der Waals surface area contributed by atoms with Crippen molar-refractivity contribution in [3.05, 3.63) is 77.5 Å². The first-order valence-electron chi connectivity index (χ1n) is 8.42. The van der Waals surface area contributed by atoms with Crippen LogP contribution < -0.4 is 5.32 Å². The van der Waals surface area contributed by atoms with Gasteiger partial charge < -0.3 is 10.1 Å². The van der Waals surface area contributed by atoms with Crippen LogP contribution in [0.4, 0.5) is 0 Å². The lowest BCUT2D eigenvalue weighted by atomic mass is 10.1. The van der Waals surface area contributed by atoms with Gasteiger partial charge in [0.1, 0.15) is 0 Å². The fourth-order valence-corrected chi connectivity index (χ4v) is 2.53. The van der Waals surface area contributed by atoms with Crippen molar-refractivity contribution >= 4 is 22.8 Å². The van der Waals surface area contributed by atoms with E-state index in [0.717, 1.165) is 27.6 Å². The number of amides is 1. The normalized spacial score (nSPS) is 10.5. The summed E-state index contributed by atoms with van der Waals surface area (Å²) in [6.45, 7) is 2.13. The minimum absolute atomic E-state index is 0.0864. The number of rotatable bonds is 6. The topological polar surface area (TPSA) is 68.3 Å².